The zero-order valence-electron chi connectivity index (χ0n) is 13.7. The first-order chi connectivity index (χ1) is 10.6. The molecule has 1 unspecified atom stereocenters. The molecule has 1 atom stereocenters. The lowest BCUT2D eigenvalue weighted by molar-refractivity contribution is 0.0354. The van der Waals surface area contributed by atoms with Crippen LogP contribution in [-0.4, -0.2) is 56.7 Å². The fourth-order valence-electron chi connectivity index (χ4n) is 4.35. The standard InChI is InChI=1S/C18H27BrN2O/c1-20-12-16(13-22-2)18(14-20)6-8-21(9-7-18)11-15-4-3-5-17(19)10-15/h3-5,10,16H,6-9,11-14H2,1-2H3. The highest BCUT2D eigenvalue weighted by Crippen LogP contribution is 2.44. The molecule has 3 rings (SSSR count). The summed E-state index contributed by atoms with van der Waals surface area (Å²) in [6.45, 7) is 6.84. The first-order valence-corrected chi connectivity index (χ1v) is 9.05. The van der Waals surface area contributed by atoms with E-state index in [1.165, 1.54) is 49.1 Å². The SMILES string of the molecule is COCC1CN(C)CC12CCN(Cc1cccc(Br)c1)CC2. The Balaban J connectivity index is 1.60. The van der Waals surface area contributed by atoms with Crippen LogP contribution in [0.3, 0.4) is 0 Å². The Labute approximate surface area is 142 Å². The van der Waals surface area contributed by atoms with Crippen LogP contribution in [0.1, 0.15) is 18.4 Å². The molecule has 0 bridgehead atoms. The van der Waals surface area contributed by atoms with Crippen molar-refractivity contribution in [1.82, 2.24) is 9.80 Å². The van der Waals surface area contributed by atoms with E-state index in [-0.39, 0.29) is 0 Å². The third-order valence-electron chi connectivity index (χ3n) is 5.50. The molecule has 0 N–H and O–H groups in total. The molecule has 0 amide bonds. The van der Waals surface area contributed by atoms with E-state index >= 15 is 0 Å². The fourth-order valence-corrected chi connectivity index (χ4v) is 4.79. The van der Waals surface area contributed by atoms with Gasteiger partial charge in [-0.15, -0.1) is 0 Å². The molecule has 1 spiro atoms. The van der Waals surface area contributed by atoms with Gasteiger partial charge in [-0.1, -0.05) is 28.1 Å². The number of benzene rings is 1. The normalized spacial score (nSPS) is 25.9. The highest BCUT2D eigenvalue weighted by Gasteiger charge is 2.46. The van der Waals surface area contributed by atoms with Crippen molar-refractivity contribution in [2.75, 3.05) is 46.9 Å². The maximum Gasteiger partial charge on any atom is 0.0508 e. The lowest BCUT2D eigenvalue weighted by atomic mass is 9.71. The lowest BCUT2D eigenvalue weighted by Gasteiger charge is -2.42. The molecule has 0 aliphatic carbocycles. The molecule has 1 aromatic carbocycles. The summed E-state index contributed by atoms with van der Waals surface area (Å²) in [6, 6.07) is 8.69. The van der Waals surface area contributed by atoms with Crippen molar-refractivity contribution in [1.29, 1.82) is 0 Å². The van der Waals surface area contributed by atoms with E-state index in [1.807, 2.05) is 7.11 Å². The third-order valence-corrected chi connectivity index (χ3v) is 5.99. The molecule has 2 fully saturated rings. The van der Waals surface area contributed by atoms with E-state index in [0.717, 1.165) is 13.2 Å². The summed E-state index contributed by atoms with van der Waals surface area (Å²) >= 11 is 3.57. The van der Waals surface area contributed by atoms with Gasteiger partial charge in [0, 0.05) is 37.1 Å². The quantitative estimate of drug-likeness (QED) is 0.813. The molecule has 1 aromatic rings. The minimum atomic E-state index is 0.485. The lowest BCUT2D eigenvalue weighted by Crippen LogP contribution is -2.44. The molecule has 4 heteroatoms. The van der Waals surface area contributed by atoms with Gasteiger partial charge in [0.2, 0.25) is 0 Å². The molecule has 2 aliphatic rings. The predicted molar refractivity (Wildman–Crippen MR) is 93.9 cm³/mol. The number of piperidine rings is 1. The fraction of sp³-hybridized carbons (Fsp3) is 0.667. The van der Waals surface area contributed by atoms with Crippen molar-refractivity contribution in [3.63, 3.8) is 0 Å². The predicted octanol–water partition coefficient (Wildman–Crippen LogP) is 3.24. The largest absolute Gasteiger partial charge is 0.384 e. The number of halogens is 1. The van der Waals surface area contributed by atoms with E-state index in [1.54, 1.807) is 0 Å². The van der Waals surface area contributed by atoms with E-state index in [2.05, 4.69) is 57.0 Å². The summed E-state index contributed by atoms with van der Waals surface area (Å²) < 4.78 is 6.67. The molecular formula is C18H27BrN2O. The summed E-state index contributed by atoms with van der Waals surface area (Å²) in [4.78, 5) is 5.10. The molecule has 122 valence electrons. The van der Waals surface area contributed by atoms with Gasteiger partial charge < -0.3 is 9.64 Å². The van der Waals surface area contributed by atoms with Crippen LogP contribution < -0.4 is 0 Å². The Morgan fingerprint density at radius 2 is 2.09 bits per heavy atom. The van der Waals surface area contributed by atoms with Crippen LogP contribution in [0.2, 0.25) is 0 Å². The Morgan fingerprint density at radius 3 is 2.77 bits per heavy atom. The van der Waals surface area contributed by atoms with Crippen molar-refractivity contribution in [2.24, 2.45) is 11.3 Å². The van der Waals surface area contributed by atoms with Crippen LogP contribution >= 0.6 is 15.9 Å². The summed E-state index contributed by atoms with van der Waals surface area (Å²) in [7, 11) is 4.10. The summed E-state index contributed by atoms with van der Waals surface area (Å²) in [5.41, 5.74) is 1.89. The van der Waals surface area contributed by atoms with Crippen molar-refractivity contribution in [3.8, 4) is 0 Å². The van der Waals surface area contributed by atoms with Crippen LogP contribution in [0.5, 0.6) is 0 Å². The van der Waals surface area contributed by atoms with Gasteiger partial charge in [0.15, 0.2) is 0 Å². The van der Waals surface area contributed by atoms with E-state index in [0.29, 0.717) is 11.3 Å². The van der Waals surface area contributed by atoms with Crippen LogP contribution in [0.15, 0.2) is 28.7 Å². The van der Waals surface area contributed by atoms with Gasteiger partial charge in [0.25, 0.3) is 0 Å². The van der Waals surface area contributed by atoms with Crippen LogP contribution in [-0.2, 0) is 11.3 Å². The smallest absolute Gasteiger partial charge is 0.0508 e. The minimum Gasteiger partial charge on any atom is -0.384 e. The van der Waals surface area contributed by atoms with Gasteiger partial charge in [-0.2, -0.15) is 0 Å². The Morgan fingerprint density at radius 1 is 1.32 bits per heavy atom. The average molecular weight is 367 g/mol. The van der Waals surface area contributed by atoms with Crippen molar-refractivity contribution >= 4 is 15.9 Å². The second kappa shape index (κ2) is 7.00. The highest BCUT2D eigenvalue weighted by atomic mass is 79.9. The Bertz CT molecular complexity index is 500. The summed E-state index contributed by atoms with van der Waals surface area (Å²) in [5, 5.41) is 0. The molecule has 22 heavy (non-hydrogen) atoms. The molecule has 2 aliphatic heterocycles. The van der Waals surface area contributed by atoms with E-state index in [9.17, 15) is 0 Å². The zero-order valence-corrected chi connectivity index (χ0v) is 15.3. The van der Waals surface area contributed by atoms with Crippen LogP contribution in [0.25, 0.3) is 0 Å². The molecule has 0 radical (unpaired) electrons. The third kappa shape index (κ3) is 3.56. The molecule has 2 heterocycles. The number of likely N-dealkylation sites (tertiary alicyclic amines) is 2. The number of nitrogens with zero attached hydrogens (tertiary/aromatic N) is 2. The van der Waals surface area contributed by atoms with Gasteiger partial charge in [-0.25, -0.2) is 0 Å². The van der Waals surface area contributed by atoms with E-state index < -0.39 is 0 Å². The number of hydrogen-bond donors (Lipinski definition) is 0. The van der Waals surface area contributed by atoms with Gasteiger partial charge in [-0.3, -0.25) is 4.90 Å². The van der Waals surface area contributed by atoms with Gasteiger partial charge in [0.1, 0.15) is 0 Å². The van der Waals surface area contributed by atoms with Gasteiger partial charge in [-0.05, 0) is 56.1 Å². The average Bonchev–Trinajstić information content (AvgIpc) is 2.78. The number of ether oxygens (including phenoxy) is 1. The molecule has 2 saturated heterocycles. The highest BCUT2D eigenvalue weighted by molar-refractivity contribution is 9.10. The monoisotopic (exact) mass is 366 g/mol. The first kappa shape index (κ1) is 16.4. The second-order valence-electron chi connectivity index (χ2n) is 7.12. The number of methoxy groups -OCH3 is 1. The second-order valence-corrected chi connectivity index (χ2v) is 8.03. The van der Waals surface area contributed by atoms with Crippen molar-refractivity contribution in [2.45, 2.75) is 19.4 Å². The van der Waals surface area contributed by atoms with Crippen LogP contribution in [0.4, 0.5) is 0 Å². The number of rotatable bonds is 4. The van der Waals surface area contributed by atoms with Gasteiger partial charge in [0.05, 0.1) is 6.61 Å². The topological polar surface area (TPSA) is 15.7 Å². The Hall–Kier alpha value is -0.420. The maximum absolute atomic E-state index is 5.49. The Kier molecular flexibility index (Phi) is 5.23. The van der Waals surface area contributed by atoms with Crippen molar-refractivity contribution < 1.29 is 4.74 Å². The van der Waals surface area contributed by atoms with Crippen molar-refractivity contribution in [3.05, 3.63) is 34.3 Å². The summed E-state index contributed by atoms with van der Waals surface area (Å²) in [5.74, 6) is 0.704. The first-order valence-electron chi connectivity index (χ1n) is 8.26. The maximum atomic E-state index is 5.49. The van der Waals surface area contributed by atoms with Crippen LogP contribution in [0, 0.1) is 11.3 Å². The molecular weight excluding hydrogens is 340 g/mol. The van der Waals surface area contributed by atoms with E-state index in [4.69, 9.17) is 4.74 Å². The molecule has 0 saturated carbocycles. The van der Waals surface area contributed by atoms with Gasteiger partial charge >= 0.3 is 0 Å². The molecule has 0 aromatic heterocycles. The zero-order chi connectivity index (χ0) is 15.6. The minimum absolute atomic E-state index is 0.485. The molecule has 3 nitrogen and oxygen atoms in total. The summed E-state index contributed by atoms with van der Waals surface area (Å²) in [6.07, 6.45) is 2.61. The number of hydrogen-bond acceptors (Lipinski definition) is 3.